The zero-order chi connectivity index (χ0) is 17.7. The van der Waals surface area contributed by atoms with E-state index in [1.165, 1.54) is 13.0 Å². The second kappa shape index (κ2) is 7.68. The summed E-state index contributed by atoms with van der Waals surface area (Å²) >= 11 is 0. The number of para-hydroxylation sites is 1. The lowest BCUT2D eigenvalue weighted by Crippen LogP contribution is -2.38. The van der Waals surface area contributed by atoms with Crippen LogP contribution in [0.4, 0.5) is 14.5 Å². The highest BCUT2D eigenvalue weighted by Gasteiger charge is 2.20. The number of rotatable bonds is 5. The maximum Gasteiger partial charge on any atom is 0.251 e. The van der Waals surface area contributed by atoms with Gasteiger partial charge in [0.25, 0.3) is 5.91 Å². The Balaban J connectivity index is 2.05. The van der Waals surface area contributed by atoms with Gasteiger partial charge in [0.1, 0.15) is 17.3 Å². The fourth-order valence-electron chi connectivity index (χ4n) is 2.34. The van der Waals surface area contributed by atoms with Crippen LogP contribution in [-0.4, -0.2) is 24.9 Å². The van der Waals surface area contributed by atoms with Crippen molar-refractivity contribution in [2.24, 2.45) is 0 Å². The van der Waals surface area contributed by atoms with Gasteiger partial charge >= 0.3 is 0 Å². The maximum atomic E-state index is 13.8. The highest BCUT2D eigenvalue weighted by molar-refractivity contribution is 5.95. The Morgan fingerprint density at radius 1 is 1.08 bits per heavy atom. The Morgan fingerprint density at radius 3 is 2.29 bits per heavy atom. The van der Waals surface area contributed by atoms with E-state index in [2.05, 4.69) is 5.32 Å². The van der Waals surface area contributed by atoms with Gasteiger partial charge in [-0.15, -0.1) is 0 Å². The third-order valence-corrected chi connectivity index (χ3v) is 3.49. The molecule has 6 heteroatoms. The van der Waals surface area contributed by atoms with Crippen molar-refractivity contribution in [1.29, 1.82) is 0 Å². The molecule has 2 aromatic carbocycles. The van der Waals surface area contributed by atoms with E-state index in [0.717, 1.165) is 22.6 Å². The van der Waals surface area contributed by atoms with E-state index in [1.807, 2.05) is 13.0 Å². The summed E-state index contributed by atoms with van der Waals surface area (Å²) in [5.74, 6) is -2.47. The molecule has 0 saturated heterocycles. The molecule has 2 amide bonds. The Labute approximate surface area is 139 Å². The topological polar surface area (TPSA) is 49.4 Å². The molecule has 0 radical (unpaired) electrons. The summed E-state index contributed by atoms with van der Waals surface area (Å²) in [4.78, 5) is 24.7. The quantitative estimate of drug-likeness (QED) is 0.915. The monoisotopic (exact) mass is 332 g/mol. The molecule has 2 aromatic rings. The van der Waals surface area contributed by atoms with Gasteiger partial charge in [-0.1, -0.05) is 23.8 Å². The van der Waals surface area contributed by atoms with E-state index in [-0.39, 0.29) is 19.0 Å². The minimum atomic E-state index is -0.824. The fraction of sp³-hybridized carbons (Fsp3) is 0.222. The molecular formula is C18H18F2N2O2. The first-order valence-electron chi connectivity index (χ1n) is 7.47. The zero-order valence-electron chi connectivity index (χ0n) is 13.5. The van der Waals surface area contributed by atoms with Gasteiger partial charge in [-0.25, -0.2) is 8.78 Å². The van der Waals surface area contributed by atoms with E-state index in [9.17, 15) is 18.4 Å². The van der Waals surface area contributed by atoms with Crippen molar-refractivity contribution < 1.29 is 18.4 Å². The van der Waals surface area contributed by atoms with Crippen LogP contribution >= 0.6 is 0 Å². The molecule has 0 fully saturated rings. The van der Waals surface area contributed by atoms with Crippen molar-refractivity contribution >= 4 is 17.5 Å². The summed E-state index contributed by atoms with van der Waals surface area (Å²) in [5.41, 5.74) is 1.03. The highest BCUT2D eigenvalue weighted by atomic mass is 19.1. The Kier molecular flexibility index (Phi) is 5.63. The first kappa shape index (κ1) is 17.6. The molecule has 4 nitrogen and oxygen atoms in total. The van der Waals surface area contributed by atoms with Crippen LogP contribution in [0.2, 0.25) is 0 Å². The van der Waals surface area contributed by atoms with Crippen LogP contribution < -0.4 is 10.2 Å². The van der Waals surface area contributed by atoms with Crippen molar-refractivity contribution in [2.75, 3.05) is 18.0 Å². The van der Waals surface area contributed by atoms with Crippen LogP contribution in [0.5, 0.6) is 0 Å². The van der Waals surface area contributed by atoms with Crippen LogP contribution in [0.3, 0.4) is 0 Å². The number of amides is 2. The molecule has 0 bridgehead atoms. The fourth-order valence-corrected chi connectivity index (χ4v) is 2.34. The van der Waals surface area contributed by atoms with Crippen molar-refractivity contribution in [1.82, 2.24) is 5.32 Å². The summed E-state index contributed by atoms with van der Waals surface area (Å²) in [5, 5.41) is 2.64. The molecular weight excluding hydrogens is 314 g/mol. The van der Waals surface area contributed by atoms with E-state index in [4.69, 9.17) is 0 Å². The summed E-state index contributed by atoms with van der Waals surface area (Å²) < 4.78 is 27.7. The summed E-state index contributed by atoms with van der Waals surface area (Å²) in [6.45, 7) is 3.12. The largest absolute Gasteiger partial charge is 0.350 e. The van der Waals surface area contributed by atoms with Gasteiger partial charge in [-0.3, -0.25) is 9.59 Å². The Hall–Kier alpha value is -2.76. The van der Waals surface area contributed by atoms with E-state index < -0.39 is 23.2 Å². The molecule has 0 aliphatic rings. The zero-order valence-corrected chi connectivity index (χ0v) is 13.5. The van der Waals surface area contributed by atoms with Crippen LogP contribution in [0, 0.1) is 18.6 Å². The number of hydrogen-bond donors (Lipinski definition) is 1. The summed E-state index contributed by atoms with van der Waals surface area (Å²) in [6, 6.07) is 10.4. The van der Waals surface area contributed by atoms with Crippen molar-refractivity contribution in [3.05, 3.63) is 65.2 Å². The van der Waals surface area contributed by atoms with Gasteiger partial charge in [0.15, 0.2) is 0 Å². The molecule has 126 valence electrons. The number of anilines is 1. The molecule has 2 rings (SSSR count). The number of nitrogens with zero attached hydrogens (tertiary/aromatic N) is 1. The number of aryl methyl sites for hydroxylation is 1. The first-order chi connectivity index (χ1) is 11.4. The van der Waals surface area contributed by atoms with Crippen molar-refractivity contribution in [2.45, 2.75) is 13.8 Å². The number of carbonyl (C=O) groups excluding carboxylic acids is 2. The standard InChI is InChI=1S/C18H18F2N2O2/c1-12-5-3-6-14(11-12)18(24)21-9-10-22(13(2)23)17-15(19)7-4-8-16(17)20/h3-8,11H,9-10H2,1-2H3,(H,21,24). The number of carbonyl (C=O) groups is 2. The Bertz CT molecular complexity index is 742. The minimum Gasteiger partial charge on any atom is -0.350 e. The second-order valence-electron chi connectivity index (χ2n) is 5.37. The molecule has 0 aliphatic carbocycles. The minimum absolute atomic E-state index is 0.0370. The lowest BCUT2D eigenvalue weighted by molar-refractivity contribution is -0.116. The molecule has 0 aromatic heterocycles. The first-order valence-corrected chi connectivity index (χ1v) is 7.47. The lowest BCUT2D eigenvalue weighted by Gasteiger charge is -2.22. The Morgan fingerprint density at radius 2 is 1.71 bits per heavy atom. The molecule has 0 unspecified atom stereocenters. The van der Waals surface area contributed by atoms with Crippen LogP contribution in [0.1, 0.15) is 22.8 Å². The third-order valence-electron chi connectivity index (χ3n) is 3.49. The summed E-state index contributed by atoms with van der Waals surface area (Å²) in [6.07, 6.45) is 0. The molecule has 1 N–H and O–H groups in total. The van der Waals surface area contributed by atoms with Gasteiger partial charge in [0.05, 0.1) is 0 Å². The third kappa shape index (κ3) is 4.16. The van der Waals surface area contributed by atoms with Crippen LogP contribution in [0.25, 0.3) is 0 Å². The molecule has 24 heavy (non-hydrogen) atoms. The van der Waals surface area contributed by atoms with Crippen molar-refractivity contribution in [3.63, 3.8) is 0 Å². The van der Waals surface area contributed by atoms with E-state index >= 15 is 0 Å². The molecule has 0 aliphatic heterocycles. The predicted molar refractivity (Wildman–Crippen MR) is 87.9 cm³/mol. The predicted octanol–water partition coefficient (Wildman–Crippen LogP) is 3.06. The molecule has 0 saturated carbocycles. The van der Waals surface area contributed by atoms with Gasteiger partial charge < -0.3 is 10.2 Å². The van der Waals surface area contributed by atoms with E-state index in [0.29, 0.717) is 5.56 Å². The van der Waals surface area contributed by atoms with Crippen LogP contribution in [-0.2, 0) is 4.79 Å². The van der Waals surface area contributed by atoms with Crippen LogP contribution in [0.15, 0.2) is 42.5 Å². The van der Waals surface area contributed by atoms with Crippen molar-refractivity contribution in [3.8, 4) is 0 Å². The number of halogens is 2. The molecule has 0 heterocycles. The number of nitrogens with one attached hydrogen (secondary N) is 1. The van der Waals surface area contributed by atoms with Gasteiger partial charge in [0, 0.05) is 25.6 Å². The SMILES string of the molecule is CC(=O)N(CCNC(=O)c1cccc(C)c1)c1c(F)cccc1F. The van der Waals surface area contributed by atoms with E-state index in [1.54, 1.807) is 18.2 Å². The highest BCUT2D eigenvalue weighted by Crippen LogP contribution is 2.23. The van der Waals surface area contributed by atoms with Gasteiger partial charge in [-0.05, 0) is 31.2 Å². The number of hydrogen-bond acceptors (Lipinski definition) is 2. The summed E-state index contributed by atoms with van der Waals surface area (Å²) in [7, 11) is 0. The average Bonchev–Trinajstić information content (AvgIpc) is 2.52. The second-order valence-corrected chi connectivity index (χ2v) is 5.37. The number of benzene rings is 2. The molecule has 0 spiro atoms. The maximum absolute atomic E-state index is 13.8. The van der Waals surface area contributed by atoms with Gasteiger partial charge in [-0.2, -0.15) is 0 Å². The smallest absolute Gasteiger partial charge is 0.251 e. The average molecular weight is 332 g/mol. The lowest BCUT2D eigenvalue weighted by atomic mass is 10.1. The normalized spacial score (nSPS) is 10.3. The molecule has 0 atom stereocenters. The van der Waals surface area contributed by atoms with Gasteiger partial charge in [0.2, 0.25) is 5.91 Å².